The fraction of sp³-hybridized carbons (Fsp3) is 0.538. The quantitative estimate of drug-likeness (QED) is 0.885. The van der Waals surface area contributed by atoms with E-state index in [-0.39, 0.29) is 0 Å². The molecule has 1 aromatic rings. The van der Waals surface area contributed by atoms with Gasteiger partial charge in [-0.1, -0.05) is 40.5 Å². The first kappa shape index (κ1) is 12.1. The zero-order valence-electron chi connectivity index (χ0n) is 9.26. The monoisotopic (exact) mass is 285 g/mol. The van der Waals surface area contributed by atoms with E-state index in [4.69, 9.17) is 0 Å². The molecule has 1 aliphatic rings. The first-order chi connectivity index (χ1) is 7.77. The van der Waals surface area contributed by atoms with Crippen molar-refractivity contribution in [2.24, 2.45) is 0 Å². The SMILES string of the molecule is FC(CC1CCCCN1)c1ccccc1Br. The molecule has 2 unspecified atom stereocenters. The summed E-state index contributed by atoms with van der Waals surface area (Å²) in [7, 11) is 0. The lowest BCUT2D eigenvalue weighted by Crippen LogP contribution is -2.34. The third-order valence-electron chi connectivity index (χ3n) is 3.15. The van der Waals surface area contributed by atoms with Gasteiger partial charge in [0.1, 0.15) is 6.17 Å². The molecule has 0 saturated carbocycles. The van der Waals surface area contributed by atoms with Gasteiger partial charge in [-0.3, -0.25) is 0 Å². The zero-order chi connectivity index (χ0) is 11.4. The molecule has 16 heavy (non-hydrogen) atoms. The van der Waals surface area contributed by atoms with Gasteiger partial charge in [0.05, 0.1) is 0 Å². The molecule has 2 rings (SSSR count). The number of hydrogen-bond donors (Lipinski definition) is 1. The van der Waals surface area contributed by atoms with Crippen LogP contribution < -0.4 is 5.32 Å². The number of benzene rings is 1. The van der Waals surface area contributed by atoms with E-state index < -0.39 is 6.17 Å². The fourth-order valence-corrected chi connectivity index (χ4v) is 2.76. The Balaban J connectivity index is 1.96. The van der Waals surface area contributed by atoms with Gasteiger partial charge < -0.3 is 5.32 Å². The molecule has 1 saturated heterocycles. The highest BCUT2D eigenvalue weighted by atomic mass is 79.9. The Bertz CT molecular complexity index is 336. The number of hydrogen-bond acceptors (Lipinski definition) is 1. The first-order valence-corrected chi connectivity index (χ1v) is 6.68. The van der Waals surface area contributed by atoms with Crippen molar-refractivity contribution < 1.29 is 4.39 Å². The number of alkyl halides is 1. The van der Waals surface area contributed by atoms with E-state index in [9.17, 15) is 4.39 Å². The van der Waals surface area contributed by atoms with E-state index in [1.54, 1.807) is 0 Å². The van der Waals surface area contributed by atoms with E-state index in [0.717, 1.165) is 23.0 Å². The Labute approximate surface area is 105 Å². The van der Waals surface area contributed by atoms with Crippen LogP contribution >= 0.6 is 15.9 Å². The summed E-state index contributed by atoms with van der Waals surface area (Å²) in [4.78, 5) is 0. The van der Waals surface area contributed by atoms with Gasteiger partial charge in [-0.05, 0) is 31.9 Å². The molecular weight excluding hydrogens is 269 g/mol. The second-order valence-corrected chi connectivity index (χ2v) is 5.23. The van der Waals surface area contributed by atoms with Crippen LogP contribution in [0.15, 0.2) is 28.7 Å². The van der Waals surface area contributed by atoms with Crippen molar-refractivity contribution in [1.82, 2.24) is 5.32 Å². The lowest BCUT2D eigenvalue weighted by Gasteiger charge is -2.25. The molecule has 1 heterocycles. The Kier molecular flexibility index (Phi) is 4.36. The standard InChI is InChI=1S/C13H17BrFN/c14-12-7-2-1-6-11(12)13(15)9-10-5-3-4-8-16-10/h1-2,6-7,10,13,16H,3-5,8-9H2. The fourth-order valence-electron chi connectivity index (χ4n) is 2.23. The lowest BCUT2D eigenvalue weighted by atomic mass is 9.97. The van der Waals surface area contributed by atoms with Gasteiger partial charge in [0.2, 0.25) is 0 Å². The largest absolute Gasteiger partial charge is 0.314 e. The minimum absolute atomic E-state index is 0.343. The Morgan fingerprint density at radius 3 is 2.88 bits per heavy atom. The van der Waals surface area contributed by atoms with Gasteiger partial charge in [-0.15, -0.1) is 0 Å². The number of rotatable bonds is 3. The molecule has 0 aliphatic carbocycles. The third kappa shape index (κ3) is 3.05. The summed E-state index contributed by atoms with van der Waals surface area (Å²) >= 11 is 3.40. The predicted molar refractivity (Wildman–Crippen MR) is 68.2 cm³/mol. The molecule has 88 valence electrons. The van der Waals surface area contributed by atoms with Crippen LogP contribution in [0.4, 0.5) is 4.39 Å². The van der Waals surface area contributed by atoms with Crippen LogP contribution in [0.3, 0.4) is 0 Å². The molecule has 1 fully saturated rings. The molecule has 0 bridgehead atoms. The topological polar surface area (TPSA) is 12.0 Å². The molecule has 1 aromatic carbocycles. The molecule has 1 N–H and O–H groups in total. The van der Waals surface area contributed by atoms with E-state index in [1.807, 2.05) is 24.3 Å². The van der Waals surface area contributed by atoms with Crippen molar-refractivity contribution in [2.45, 2.75) is 37.9 Å². The minimum atomic E-state index is -0.869. The highest BCUT2D eigenvalue weighted by molar-refractivity contribution is 9.10. The normalized spacial score (nSPS) is 23.0. The van der Waals surface area contributed by atoms with E-state index in [0.29, 0.717) is 12.5 Å². The van der Waals surface area contributed by atoms with E-state index in [2.05, 4.69) is 21.2 Å². The van der Waals surface area contributed by atoms with Crippen LogP contribution in [0.2, 0.25) is 0 Å². The van der Waals surface area contributed by atoms with Crippen LogP contribution in [0.25, 0.3) is 0 Å². The van der Waals surface area contributed by atoms with Crippen LogP contribution in [0.1, 0.15) is 37.4 Å². The van der Waals surface area contributed by atoms with E-state index >= 15 is 0 Å². The molecule has 0 amide bonds. The van der Waals surface area contributed by atoms with Gasteiger partial charge in [-0.2, -0.15) is 0 Å². The molecule has 1 aliphatic heterocycles. The molecule has 0 radical (unpaired) electrons. The maximum absolute atomic E-state index is 14.1. The molecule has 3 heteroatoms. The van der Waals surface area contributed by atoms with Gasteiger partial charge in [0.15, 0.2) is 0 Å². The van der Waals surface area contributed by atoms with Crippen molar-refractivity contribution in [1.29, 1.82) is 0 Å². The Morgan fingerprint density at radius 2 is 2.19 bits per heavy atom. The van der Waals surface area contributed by atoms with Crippen LogP contribution in [0, 0.1) is 0 Å². The molecule has 0 spiro atoms. The summed E-state index contributed by atoms with van der Waals surface area (Å²) in [5, 5.41) is 3.38. The summed E-state index contributed by atoms with van der Waals surface area (Å²) in [6.45, 7) is 1.04. The van der Waals surface area contributed by atoms with Crippen LogP contribution in [0.5, 0.6) is 0 Å². The number of halogens is 2. The predicted octanol–water partition coefficient (Wildman–Crippen LogP) is 3.99. The second kappa shape index (κ2) is 5.78. The summed E-state index contributed by atoms with van der Waals surface area (Å²) in [6, 6.07) is 7.91. The van der Waals surface area contributed by atoms with Gasteiger partial charge in [0.25, 0.3) is 0 Å². The summed E-state index contributed by atoms with van der Waals surface area (Å²) < 4.78 is 15.0. The Hall–Kier alpha value is -0.410. The summed E-state index contributed by atoms with van der Waals surface area (Å²) in [5.41, 5.74) is 0.773. The summed E-state index contributed by atoms with van der Waals surface area (Å²) in [5.74, 6) is 0. The van der Waals surface area contributed by atoms with Crippen LogP contribution in [-0.4, -0.2) is 12.6 Å². The average Bonchev–Trinajstić information content (AvgIpc) is 2.31. The third-order valence-corrected chi connectivity index (χ3v) is 3.87. The first-order valence-electron chi connectivity index (χ1n) is 5.89. The van der Waals surface area contributed by atoms with Gasteiger partial charge >= 0.3 is 0 Å². The van der Waals surface area contributed by atoms with Gasteiger partial charge in [-0.25, -0.2) is 4.39 Å². The second-order valence-electron chi connectivity index (χ2n) is 4.37. The van der Waals surface area contributed by atoms with Crippen molar-refractivity contribution in [3.05, 3.63) is 34.3 Å². The van der Waals surface area contributed by atoms with Crippen molar-refractivity contribution in [3.8, 4) is 0 Å². The maximum Gasteiger partial charge on any atom is 0.128 e. The smallest absolute Gasteiger partial charge is 0.128 e. The van der Waals surface area contributed by atoms with E-state index in [1.165, 1.54) is 12.8 Å². The van der Waals surface area contributed by atoms with Crippen molar-refractivity contribution in [2.75, 3.05) is 6.54 Å². The highest BCUT2D eigenvalue weighted by Gasteiger charge is 2.20. The highest BCUT2D eigenvalue weighted by Crippen LogP contribution is 2.30. The molecule has 2 atom stereocenters. The number of nitrogens with one attached hydrogen (secondary N) is 1. The van der Waals surface area contributed by atoms with Gasteiger partial charge in [0, 0.05) is 16.1 Å². The lowest BCUT2D eigenvalue weighted by molar-refractivity contribution is 0.260. The molecular formula is C13H17BrFN. The van der Waals surface area contributed by atoms with Crippen LogP contribution in [-0.2, 0) is 0 Å². The zero-order valence-corrected chi connectivity index (χ0v) is 10.8. The Morgan fingerprint density at radius 1 is 1.38 bits per heavy atom. The minimum Gasteiger partial charge on any atom is -0.314 e. The average molecular weight is 286 g/mol. The summed E-state index contributed by atoms with van der Waals surface area (Å²) in [6.07, 6.45) is 3.27. The maximum atomic E-state index is 14.1. The van der Waals surface area contributed by atoms with Crippen molar-refractivity contribution >= 4 is 15.9 Å². The molecule has 0 aromatic heterocycles. The van der Waals surface area contributed by atoms with Crippen molar-refractivity contribution in [3.63, 3.8) is 0 Å². The molecule has 1 nitrogen and oxygen atoms in total. The number of piperidine rings is 1.